The van der Waals surface area contributed by atoms with Crippen molar-refractivity contribution in [2.45, 2.75) is 0 Å². The van der Waals surface area contributed by atoms with Crippen molar-refractivity contribution in [1.82, 2.24) is 9.13 Å². The standard InChI is InChI=1S/C43H27N3/c44-28-30-14-12-21-32(29-13-11-15-31(27-29)45-38-22-6-1-16-33(38)34-17-2-7-23-39(34)45)43(30)37-20-5-10-26-42(37)46-40-24-8-3-18-35(40)36-19-4-9-25-41(36)46/h1-27H. The molecule has 0 saturated carbocycles. The van der Waals surface area contributed by atoms with E-state index in [4.69, 9.17) is 0 Å². The van der Waals surface area contributed by atoms with Crippen LogP contribution in [0.5, 0.6) is 0 Å². The van der Waals surface area contributed by atoms with Crippen molar-refractivity contribution < 1.29 is 0 Å². The first-order chi connectivity index (χ1) is 22.8. The van der Waals surface area contributed by atoms with Crippen LogP contribution in [-0.4, -0.2) is 9.13 Å². The van der Waals surface area contributed by atoms with Gasteiger partial charge in [0.2, 0.25) is 0 Å². The Labute approximate surface area is 266 Å². The maximum Gasteiger partial charge on any atom is 0.0998 e. The molecule has 0 unspecified atom stereocenters. The first-order valence-corrected chi connectivity index (χ1v) is 15.5. The van der Waals surface area contributed by atoms with Gasteiger partial charge in [-0.05, 0) is 59.7 Å². The molecule has 3 nitrogen and oxygen atoms in total. The molecule has 0 bridgehead atoms. The minimum absolute atomic E-state index is 0.646. The van der Waals surface area contributed by atoms with Crippen LogP contribution in [0.3, 0.4) is 0 Å². The van der Waals surface area contributed by atoms with Crippen LogP contribution in [0.4, 0.5) is 0 Å². The van der Waals surface area contributed by atoms with Crippen molar-refractivity contribution in [2.75, 3.05) is 0 Å². The molecule has 46 heavy (non-hydrogen) atoms. The summed E-state index contributed by atoms with van der Waals surface area (Å²) in [5.74, 6) is 0. The molecule has 0 radical (unpaired) electrons. The van der Waals surface area contributed by atoms with Crippen LogP contribution in [0.2, 0.25) is 0 Å². The highest BCUT2D eigenvalue weighted by Crippen LogP contribution is 2.42. The molecule has 0 aliphatic heterocycles. The Bertz CT molecular complexity index is 2560. The van der Waals surface area contributed by atoms with Crippen LogP contribution in [-0.2, 0) is 0 Å². The average molecular weight is 586 g/mol. The highest BCUT2D eigenvalue weighted by Gasteiger charge is 2.20. The number of fused-ring (bicyclic) bond motifs is 6. The molecular weight excluding hydrogens is 558 g/mol. The van der Waals surface area contributed by atoms with Gasteiger partial charge >= 0.3 is 0 Å². The number of aromatic nitrogens is 2. The molecule has 0 spiro atoms. The van der Waals surface area contributed by atoms with E-state index in [9.17, 15) is 5.26 Å². The summed E-state index contributed by atoms with van der Waals surface area (Å²) in [7, 11) is 0. The molecule has 7 aromatic carbocycles. The second-order valence-corrected chi connectivity index (χ2v) is 11.6. The highest BCUT2D eigenvalue weighted by molar-refractivity contribution is 6.11. The van der Waals surface area contributed by atoms with E-state index in [2.05, 4.69) is 167 Å². The van der Waals surface area contributed by atoms with Crippen LogP contribution < -0.4 is 0 Å². The molecule has 9 aromatic rings. The molecule has 0 fully saturated rings. The summed E-state index contributed by atoms with van der Waals surface area (Å²) in [6.07, 6.45) is 0. The van der Waals surface area contributed by atoms with Gasteiger partial charge in [0.15, 0.2) is 0 Å². The largest absolute Gasteiger partial charge is 0.309 e. The number of rotatable bonds is 4. The molecule has 214 valence electrons. The van der Waals surface area contributed by atoms with Gasteiger partial charge in [0, 0.05) is 38.4 Å². The van der Waals surface area contributed by atoms with Crippen LogP contribution in [0.1, 0.15) is 5.56 Å². The SMILES string of the molecule is N#Cc1cccc(-c2cccc(-n3c4ccccc4c4ccccc43)c2)c1-c1ccccc1-n1c2ccccc2c2ccccc21. The van der Waals surface area contributed by atoms with Crippen molar-refractivity contribution in [1.29, 1.82) is 5.26 Å². The molecule has 3 heteroatoms. The maximum absolute atomic E-state index is 10.5. The summed E-state index contributed by atoms with van der Waals surface area (Å²) in [6.45, 7) is 0. The lowest BCUT2D eigenvalue weighted by atomic mass is 9.89. The van der Waals surface area contributed by atoms with Crippen molar-refractivity contribution >= 4 is 43.6 Å². The first-order valence-electron chi connectivity index (χ1n) is 15.5. The van der Waals surface area contributed by atoms with Gasteiger partial charge in [0.25, 0.3) is 0 Å². The number of nitriles is 1. The number of para-hydroxylation sites is 5. The number of hydrogen-bond donors (Lipinski definition) is 0. The van der Waals surface area contributed by atoms with E-state index in [1.165, 1.54) is 32.6 Å². The monoisotopic (exact) mass is 585 g/mol. The Morgan fingerprint density at radius 3 is 1.48 bits per heavy atom. The fraction of sp³-hybridized carbons (Fsp3) is 0. The van der Waals surface area contributed by atoms with Crippen LogP contribution in [0.15, 0.2) is 164 Å². The minimum atomic E-state index is 0.646. The molecule has 0 aliphatic carbocycles. The van der Waals surface area contributed by atoms with Crippen molar-refractivity contribution in [2.24, 2.45) is 0 Å². The van der Waals surface area contributed by atoms with E-state index in [0.29, 0.717) is 5.56 Å². The molecule has 0 atom stereocenters. The molecule has 2 aromatic heterocycles. The molecular formula is C43H27N3. The summed E-state index contributed by atoms with van der Waals surface area (Å²) in [6, 6.07) is 60.0. The molecule has 0 N–H and O–H groups in total. The van der Waals surface area contributed by atoms with Gasteiger partial charge in [-0.1, -0.05) is 115 Å². The Balaban J connectivity index is 1.30. The smallest absolute Gasteiger partial charge is 0.0998 e. The second-order valence-electron chi connectivity index (χ2n) is 11.6. The van der Waals surface area contributed by atoms with Crippen LogP contribution >= 0.6 is 0 Å². The number of nitrogens with zero attached hydrogens (tertiary/aromatic N) is 3. The fourth-order valence-corrected chi connectivity index (χ4v) is 7.25. The topological polar surface area (TPSA) is 33.6 Å². The van der Waals surface area contributed by atoms with E-state index in [0.717, 1.165) is 44.7 Å². The van der Waals surface area contributed by atoms with Gasteiger partial charge in [-0.15, -0.1) is 0 Å². The van der Waals surface area contributed by atoms with E-state index in [1.54, 1.807) is 0 Å². The van der Waals surface area contributed by atoms with Crippen molar-refractivity contribution in [3.63, 3.8) is 0 Å². The summed E-state index contributed by atoms with van der Waals surface area (Å²) < 4.78 is 4.68. The third kappa shape index (κ3) is 3.84. The summed E-state index contributed by atoms with van der Waals surface area (Å²) >= 11 is 0. The average Bonchev–Trinajstić information content (AvgIpc) is 3.64. The van der Waals surface area contributed by atoms with Gasteiger partial charge in [0.05, 0.1) is 39.4 Å². The van der Waals surface area contributed by atoms with Gasteiger partial charge in [0.1, 0.15) is 0 Å². The lowest BCUT2D eigenvalue weighted by Gasteiger charge is -2.18. The zero-order valence-electron chi connectivity index (χ0n) is 24.9. The van der Waals surface area contributed by atoms with E-state index in [1.807, 2.05) is 12.1 Å². The second kappa shape index (κ2) is 10.4. The van der Waals surface area contributed by atoms with E-state index in [-0.39, 0.29) is 0 Å². The van der Waals surface area contributed by atoms with Crippen molar-refractivity contribution in [3.05, 3.63) is 169 Å². The normalized spacial score (nSPS) is 11.5. The van der Waals surface area contributed by atoms with E-state index >= 15 is 0 Å². The van der Waals surface area contributed by atoms with Crippen LogP contribution in [0, 0.1) is 11.3 Å². The van der Waals surface area contributed by atoms with Gasteiger partial charge in [-0.2, -0.15) is 5.26 Å². The molecule has 0 saturated heterocycles. The maximum atomic E-state index is 10.5. The Morgan fingerprint density at radius 1 is 0.413 bits per heavy atom. The van der Waals surface area contributed by atoms with Crippen molar-refractivity contribution in [3.8, 4) is 39.7 Å². The fourth-order valence-electron chi connectivity index (χ4n) is 7.25. The third-order valence-electron chi connectivity index (χ3n) is 9.17. The summed E-state index contributed by atoms with van der Waals surface area (Å²) in [5.41, 5.74) is 11.4. The minimum Gasteiger partial charge on any atom is -0.309 e. The number of hydrogen-bond acceptors (Lipinski definition) is 1. The predicted molar refractivity (Wildman–Crippen MR) is 191 cm³/mol. The van der Waals surface area contributed by atoms with Gasteiger partial charge in [-0.25, -0.2) is 0 Å². The third-order valence-corrected chi connectivity index (χ3v) is 9.17. The Kier molecular flexibility index (Phi) is 5.88. The summed E-state index contributed by atoms with van der Waals surface area (Å²) in [5, 5.41) is 15.4. The molecule has 9 rings (SSSR count). The zero-order chi connectivity index (χ0) is 30.6. The summed E-state index contributed by atoms with van der Waals surface area (Å²) in [4.78, 5) is 0. The Morgan fingerprint density at radius 2 is 0.891 bits per heavy atom. The van der Waals surface area contributed by atoms with Gasteiger partial charge in [-0.3, -0.25) is 0 Å². The lowest BCUT2D eigenvalue weighted by Crippen LogP contribution is -2.00. The first kappa shape index (κ1) is 26.1. The quantitative estimate of drug-likeness (QED) is 0.202. The Hall–Kier alpha value is -6.37. The zero-order valence-corrected chi connectivity index (χ0v) is 24.9. The molecule has 2 heterocycles. The van der Waals surface area contributed by atoms with Crippen LogP contribution in [0.25, 0.3) is 77.2 Å². The number of benzene rings is 7. The van der Waals surface area contributed by atoms with Gasteiger partial charge < -0.3 is 9.13 Å². The predicted octanol–water partition coefficient (Wildman–Crippen LogP) is 11.1. The highest BCUT2D eigenvalue weighted by atomic mass is 15.0. The molecule has 0 amide bonds. The van der Waals surface area contributed by atoms with E-state index < -0.39 is 0 Å². The lowest BCUT2D eigenvalue weighted by molar-refractivity contribution is 1.18. The molecule has 0 aliphatic rings.